The first-order valence-corrected chi connectivity index (χ1v) is 8.21. The third kappa shape index (κ3) is 5.13. The van der Waals surface area contributed by atoms with Crippen LogP contribution in [-0.4, -0.2) is 18.5 Å². The Balaban J connectivity index is 1.81. The molecule has 0 aliphatic carbocycles. The molecule has 0 radical (unpaired) electrons. The second-order valence-corrected chi connectivity index (χ2v) is 6.20. The molecule has 1 aromatic heterocycles. The minimum atomic E-state index is -0.547. The van der Waals surface area contributed by atoms with E-state index in [4.69, 9.17) is 4.74 Å². The van der Waals surface area contributed by atoms with Crippen LogP contribution >= 0.6 is 27.3 Å². The molecule has 0 unspecified atom stereocenters. The number of carbonyl (C=O) groups is 2. The molecule has 0 saturated heterocycles. The van der Waals surface area contributed by atoms with Crippen molar-refractivity contribution < 1.29 is 14.3 Å². The molecule has 22 heavy (non-hydrogen) atoms. The number of halogens is 1. The van der Waals surface area contributed by atoms with E-state index >= 15 is 0 Å². The van der Waals surface area contributed by atoms with E-state index in [-0.39, 0.29) is 12.5 Å². The summed E-state index contributed by atoms with van der Waals surface area (Å²) in [5.74, 6) is -0.920. The highest BCUT2D eigenvalue weighted by molar-refractivity contribution is 9.10. The van der Waals surface area contributed by atoms with Crippen LogP contribution in [0.5, 0.6) is 0 Å². The predicted molar refractivity (Wildman–Crippen MR) is 91.8 cm³/mol. The van der Waals surface area contributed by atoms with Gasteiger partial charge in [0.1, 0.15) is 0 Å². The Hall–Kier alpha value is -1.92. The smallest absolute Gasteiger partial charge is 0.331 e. The van der Waals surface area contributed by atoms with Crippen molar-refractivity contribution in [2.24, 2.45) is 0 Å². The molecule has 0 aliphatic heterocycles. The molecule has 0 spiro atoms. The predicted octanol–water partition coefficient (Wildman–Crippen LogP) is 4.01. The number of ether oxygens (including phenoxy) is 1. The molecule has 2 aromatic rings. The molecule has 1 amide bonds. The molecule has 0 aliphatic rings. The lowest BCUT2D eigenvalue weighted by molar-refractivity contribution is -0.142. The lowest BCUT2D eigenvalue weighted by atomic mass is 10.2. The topological polar surface area (TPSA) is 55.4 Å². The van der Waals surface area contributed by atoms with Crippen LogP contribution in [-0.2, 0) is 14.3 Å². The zero-order valence-electron chi connectivity index (χ0n) is 11.8. The molecule has 0 fully saturated rings. The molecule has 114 valence electrons. The van der Waals surface area contributed by atoms with Crippen molar-refractivity contribution in [1.82, 2.24) is 0 Å². The van der Waals surface area contributed by atoms with Crippen LogP contribution in [0.2, 0.25) is 0 Å². The summed E-state index contributed by atoms with van der Waals surface area (Å²) in [6, 6.07) is 7.40. The van der Waals surface area contributed by atoms with Gasteiger partial charge in [-0.25, -0.2) is 4.79 Å². The Kier molecular flexibility index (Phi) is 5.91. The highest BCUT2D eigenvalue weighted by atomic mass is 79.9. The summed E-state index contributed by atoms with van der Waals surface area (Å²) < 4.78 is 5.83. The van der Waals surface area contributed by atoms with E-state index in [1.807, 2.05) is 35.9 Å². The third-order valence-corrected chi connectivity index (χ3v) is 3.96. The first kappa shape index (κ1) is 16.5. The van der Waals surface area contributed by atoms with Gasteiger partial charge in [0.2, 0.25) is 0 Å². The van der Waals surface area contributed by atoms with E-state index in [9.17, 15) is 9.59 Å². The van der Waals surface area contributed by atoms with Gasteiger partial charge in [0.15, 0.2) is 6.61 Å². The number of hydrogen-bond acceptors (Lipinski definition) is 4. The number of hydrogen-bond donors (Lipinski definition) is 1. The quantitative estimate of drug-likeness (QED) is 0.630. The van der Waals surface area contributed by atoms with E-state index in [0.29, 0.717) is 5.69 Å². The van der Waals surface area contributed by atoms with Crippen molar-refractivity contribution >= 4 is 50.9 Å². The monoisotopic (exact) mass is 379 g/mol. The zero-order valence-corrected chi connectivity index (χ0v) is 14.2. The fraction of sp³-hybridized carbons (Fsp3) is 0.125. The summed E-state index contributed by atoms with van der Waals surface area (Å²) in [5, 5.41) is 6.53. The second-order valence-electron chi connectivity index (χ2n) is 4.51. The molecular formula is C16H14BrNO3S. The van der Waals surface area contributed by atoms with Crippen molar-refractivity contribution in [1.29, 1.82) is 0 Å². The van der Waals surface area contributed by atoms with Crippen LogP contribution in [0.15, 0.2) is 45.6 Å². The number of nitrogens with one attached hydrogen (secondary N) is 1. The molecule has 6 heteroatoms. The minimum Gasteiger partial charge on any atom is -0.452 e. The van der Waals surface area contributed by atoms with Gasteiger partial charge < -0.3 is 10.1 Å². The molecule has 1 heterocycles. The van der Waals surface area contributed by atoms with Crippen LogP contribution < -0.4 is 5.32 Å². The molecule has 0 atom stereocenters. The number of thiophene rings is 1. The second kappa shape index (κ2) is 7.91. The average Bonchev–Trinajstić information content (AvgIpc) is 2.99. The fourth-order valence-corrected chi connectivity index (χ4v) is 2.78. The number of aryl methyl sites for hydroxylation is 1. The number of benzene rings is 1. The molecule has 1 aromatic carbocycles. The Morgan fingerprint density at radius 3 is 2.86 bits per heavy atom. The van der Waals surface area contributed by atoms with Gasteiger partial charge in [0.25, 0.3) is 5.91 Å². The van der Waals surface area contributed by atoms with Gasteiger partial charge in [0, 0.05) is 16.2 Å². The lowest BCUT2D eigenvalue weighted by Gasteiger charge is -2.08. The lowest BCUT2D eigenvalue weighted by Crippen LogP contribution is -2.20. The highest BCUT2D eigenvalue weighted by Gasteiger charge is 2.07. The minimum absolute atomic E-state index is 0.317. The molecule has 0 saturated carbocycles. The summed E-state index contributed by atoms with van der Waals surface area (Å²) in [6.07, 6.45) is 2.95. The Labute approximate surface area is 140 Å². The largest absolute Gasteiger partial charge is 0.452 e. The van der Waals surface area contributed by atoms with Crippen LogP contribution in [0.3, 0.4) is 0 Å². The standard InChI is InChI=1S/C16H14BrNO3S/c1-11-8-13(17)3-4-14(11)18-15(19)9-21-16(20)5-2-12-6-7-22-10-12/h2-8,10H,9H2,1H3,(H,18,19)/b5-2+. The molecular weight excluding hydrogens is 366 g/mol. The zero-order chi connectivity index (χ0) is 15.9. The summed E-state index contributed by atoms with van der Waals surface area (Å²) in [7, 11) is 0. The van der Waals surface area contributed by atoms with Gasteiger partial charge in [-0.05, 0) is 59.2 Å². The van der Waals surface area contributed by atoms with Gasteiger partial charge in [-0.1, -0.05) is 15.9 Å². The van der Waals surface area contributed by atoms with Crippen molar-refractivity contribution in [3.8, 4) is 0 Å². The molecule has 1 N–H and O–H groups in total. The van der Waals surface area contributed by atoms with Gasteiger partial charge in [-0.2, -0.15) is 11.3 Å². The summed E-state index contributed by atoms with van der Waals surface area (Å²) in [5.41, 5.74) is 2.54. The Morgan fingerprint density at radius 1 is 1.36 bits per heavy atom. The molecule has 0 bridgehead atoms. The summed E-state index contributed by atoms with van der Waals surface area (Å²) in [4.78, 5) is 23.3. The van der Waals surface area contributed by atoms with Crippen LogP contribution in [0.4, 0.5) is 5.69 Å². The Bertz CT molecular complexity index is 695. The SMILES string of the molecule is Cc1cc(Br)ccc1NC(=O)COC(=O)/C=C/c1ccsc1. The number of anilines is 1. The molecule has 2 rings (SSSR count). The van der Waals surface area contributed by atoms with Gasteiger partial charge in [0.05, 0.1) is 0 Å². The van der Waals surface area contributed by atoms with Gasteiger partial charge in [-0.15, -0.1) is 0 Å². The van der Waals surface area contributed by atoms with E-state index in [1.165, 1.54) is 6.08 Å². The Morgan fingerprint density at radius 2 is 2.18 bits per heavy atom. The van der Waals surface area contributed by atoms with Crippen molar-refractivity contribution in [3.63, 3.8) is 0 Å². The van der Waals surface area contributed by atoms with Crippen LogP contribution in [0, 0.1) is 6.92 Å². The maximum atomic E-state index is 11.8. The number of amides is 1. The summed E-state index contributed by atoms with van der Waals surface area (Å²) in [6.45, 7) is 1.57. The van der Waals surface area contributed by atoms with E-state index in [2.05, 4.69) is 21.2 Å². The number of rotatable bonds is 5. The van der Waals surface area contributed by atoms with E-state index < -0.39 is 5.97 Å². The first-order valence-electron chi connectivity index (χ1n) is 6.47. The third-order valence-electron chi connectivity index (χ3n) is 2.76. The molecule has 4 nitrogen and oxygen atoms in total. The van der Waals surface area contributed by atoms with E-state index in [0.717, 1.165) is 15.6 Å². The normalized spacial score (nSPS) is 10.6. The number of carbonyl (C=O) groups excluding carboxylic acids is 2. The average molecular weight is 380 g/mol. The van der Waals surface area contributed by atoms with Crippen molar-refractivity contribution in [2.75, 3.05) is 11.9 Å². The van der Waals surface area contributed by atoms with Crippen molar-refractivity contribution in [2.45, 2.75) is 6.92 Å². The van der Waals surface area contributed by atoms with Crippen LogP contribution in [0.1, 0.15) is 11.1 Å². The highest BCUT2D eigenvalue weighted by Crippen LogP contribution is 2.19. The fourth-order valence-electron chi connectivity index (χ4n) is 1.67. The first-order chi connectivity index (χ1) is 10.5. The maximum Gasteiger partial charge on any atom is 0.331 e. The van der Waals surface area contributed by atoms with Crippen LogP contribution in [0.25, 0.3) is 6.08 Å². The van der Waals surface area contributed by atoms with Gasteiger partial charge in [-0.3, -0.25) is 4.79 Å². The number of esters is 1. The van der Waals surface area contributed by atoms with E-state index in [1.54, 1.807) is 23.5 Å². The van der Waals surface area contributed by atoms with Crippen molar-refractivity contribution in [3.05, 3.63) is 56.7 Å². The summed E-state index contributed by atoms with van der Waals surface area (Å²) >= 11 is 4.90. The maximum absolute atomic E-state index is 11.8. The van der Waals surface area contributed by atoms with Gasteiger partial charge >= 0.3 is 5.97 Å².